The molecule has 0 saturated carbocycles. The second kappa shape index (κ2) is 5.15. The summed E-state index contributed by atoms with van der Waals surface area (Å²) in [5, 5.41) is 9.22. The van der Waals surface area contributed by atoms with Gasteiger partial charge < -0.3 is 5.32 Å². The standard InChI is InChI=1S/C14H19N3/c1-4-15-9-13-12-7-5-6-8-14(12)17(16-13)10-11(2)3/h5-8,15H,2,4,9-10H2,1,3H3. The van der Waals surface area contributed by atoms with Crippen molar-refractivity contribution >= 4 is 10.9 Å². The maximum Gasteiger partial charge on any atom is 0.0841 e. The maximum atomic E-state index is 4.66. The van der Waals surface area contributed by atoms with E-state index in [0.29, 0.717) is 0 Å². The quantitative estimate of drug-likeness (QED) is 0.799. The van der Waals surface area contributed by atoms with Gasteiger partial charge in [0.15, 0.2) is 0 Å². The first-order valence-electron chi connectivity index (χ1n) is 6.02. The van der Waals surface area contributed by atoms with Gasteiger partial charge in [0, 0.05) is 11.9 Å². The Morgan fingerprint density at radius 3 is 2.88 bits per heavy atom. The van der Waals surface area contributed by atoms with Gasteiger partial charge in [-0.05, 0) is 19.5 Å². The van der Waals surface area contributed by atoms with E-state index >= 15 is 0 Å². The van der Waals surface area contributed by atoms with E-state index < -0.39 is 0 Å². The minimum absolute atomic E-state index is 0.784. The largest absolute Gasteiger partial charge is 0.311 e. The zero-order valence-corrected chi connectivity index (χ0v) is 10.5. The van der Waals surface area contributed by atoms with E-state index in [1.54, 1.807) is 0 Å². The molecule has 0 unspecified atom stereocenters. The van der Waals surface area contributed by atoms with E-state index in [-0.39, 0.29) is 0 Å². The number of benzene rings is 1. The van der Waals surface area contributed by atoms with E-state index in [9.17, 15) is 0 Å². The van der Waals surface area contributed by atoms with Gasteiger partial charge in [0.25, 0.3) is 0 Å². The Labute approximate surface area is 102 Å². The van der Waals surface area contributed by atoms with Gasteiger partial charge >= 0.3 is 0 Å². The number of nitrogens with one attached hydrogen (secondary N) is 1. The summed E-state index contributed by atoms with van der Waals surface area (Å²) in [5.74, 6) is 0. The van der Waals surface area contributed by atoms with Crippen LogP contribution in [0.1, 0.15) is 19.5 Å². The number of rotatable bonds is 5. The normalized spacial score (nSPS) is 10.9. The third kappa shape index (κ3) is 2.56. The Balaban J connectivity index is 2.42. The molecule has 0 amide bonds. The molecule has 1 N–H and O–H groups in total. The van der Waals surface area contributed by atoms with Crippen molar-refractivity contribution in [2.45, 2.75) is 26.9 Å². The van der Waals surface area contributed by atoms with E-state index in [2.05, 4.69) is 48.2 Å². The molecule has 0 fully saturated rings. The molecule has 0 atom stereocenters. The third-order valence-corrected chi connectivity index (χ3v) is 2.70. The summed E-state index contributed by atoms with van der Waals surface area (Å²) < 4.78 is 2.03. The zero-order chi connectivity index (χ0) is 12.3. The third-order valence-electron chi connectivity index (χ3n) is 2.70. The minimum atomic E-state index is 0.784. The van der Waals surface area contributed by atoms with Gasteiger partial charge in [-0.25, -0.2) is 0 Å². The van der Waals surface area contributed by atoms with Crippen molar-refractivity contribution in [3.05, 3.63) is 42.1 Å². The Morgan fingerprint density at radius 2 is 2.18 bits per heavy atom. The van der Waals surface area contributed by atoms with Crippen LogP contribution >= 0.6 is 0 Å². The van der Waals surface area contributed by atoms with Crippen molar-refractivity contribution < 1.29 is 0 Å². The van der Waals surface area contributed by atoms with Crippen LogP contribution in [0.3, 0.4) is 0 Å². The summed E-state index contributed by atoms with van der Waals surface area (Å²) in [6, 6.07) is 8.35. The maximum absolute atomic E-state index is 4.66. The van der Waals surface area contributed by atoms with E-state index in [1.165, 1.54) is 10.9 Å². The van der Waals surface area contributed by atoms with Crippen LogP contribution < -0.4 is 5.32 Å². The molecule has 0 aliphatic carbocycles. The Kier molecular flexibility index (Phi) is 3.59. The molecule has 0 aliphatic rings. The van der Waals surface area contributed by atoms with Crippen molar-refractivity contribution in [1.82, 2.24) is 15.1 Å². The van der Waals surface area contributed by atoms with Crippen LogP contribution in [-0.4, -0.2) is 16.3 Å². The van der Waals surface area contributed by atoms with Crippen molar-refractivity contribution in [3.8, 4) is 0 Å². The smallest absolute Gasteiger partial charge is 0.0841 e. The van der Waals surface area contributed by atoms with E-state index in [0.717, 1.165) is 30.9 Å². The fourth-order valence-corrected chi connectivity index (χ4v) is 1.95. The van der Waals surface area contributed by atoms with Gasteiger partial charge in [-0.2, -0.15) is 5.10 Å². The van der Waals surface area contributed by atoms with E-state index in [1.807, 2.05) is 11.6 Å². The molecule has 1 aromatic carbocycles. The highest BCUT2D eigenvalue weighted by Crippen LogP contribution is 2.19. The summed E-state index contributed by atoms with van der Waals surface area (Å²) in [6.45, 7) is 10.6. The number of nitrogens with zero attached hydrogens (tertiary/aromatic N) is 2. The lowest BCUT2D eigenvalue weighted by Crippen LogP contribution is -2.12. The lowest BCUT2D eigenvalue weighted by atomic mass is 10.2. The predicted octanol–water partition coefficient (Wildman–Crippen LogP) is 2.72. The van der Waals surface area contributed by atoms with Crippen LogP contribution in [0.15, 0.2) is 36.4 Å². The monoisotopic (exact) mass is 229 g/mol. The number of para-hydroxylation sites is 1. The van der Waals surface area contributed by atoms with Gasteiger partial charge in [-0.1, -0.05) is 37.3 Å². The van der Waals surface area contributed by atoms with Crippen molar-refractivity contribution in [1.29, 1.82) is 0 Å². The molecule has 3 nitrogen and oxygen atoms in total. The molecule has 3 heteroatoms. The van der Waals surface area contributed by atoms with Crippen molar-refractivity contribution in [2.75, 3.05) is 6.54 Å². The summed E-state index contributed by atoms with van der Waals surface area (Å²) in [5.41, 5.74) is 3.42. The summed E-state index contributed by atoms with van der Waals surface area (Å²) in [7, 11) is 0. The molecule has 1 aromatic heterocycles. The van der Waals surface area contributed by atoms with Crippen LogP contribution in [0, 0.1) is 0 Å². The topological polar surface area (TPSA) is 29.9 Å². The van der Waals surface area contributed by atoms with Gasteiger partial charge in [0.1, 0.15) is 0 Å². The first-order valence-corrected chi connectivity index (χ1v) is 6.02. The molecule has 1 heterocycles. The molecular formula is C14H19N3. The number of aromatic nitrogens is 2. The molecule has 0 bridgehead atoms. The molecule has 0 spiro atoms. The van der Waals surface area contributed by atoms with Crippen LogP contribution in [0.2, 0.25) is 0 Å². The Morgan fingerprint density at radius 1 is 1.41 bits per heavy atom. The van der Waals surface area contributed by atoms with E-state index in [4.69, 9.17) is 0 Å². The minimum Gasteiger partial charge on any atom is -0.311 e. The highest BCUT2D eigenvalue weighted by atomic mass is 15.3. The molecule has 0 aliphatic heterocycles. The van der Waals surface area contributed by atoms with Crippen LogP contribution in [0.5, 0.6) is 0 Å². The number of fused-ring (bicyclic) bond motifs is 1. The molecule has 0 saturated heterocycles. The van der Waals surface area contributed by atoms with Gasteiger partial charge in [0.05, 0.1) is 17.8 Å². The second-order valence-corrected chi connectivity index (χ2v) is 4.36. The SMILES string of the molecule is C=C(C)Cn1nc(CNCC)c2ccccc21. The fourth-order valence-electron chi connectivity index (χ4n) is 1.95. The summed E-state index contributed by atoms with van der Waals surface area (Å²) >= 11 is 0. The Bertz CT molecular complexity index is 525. The van der Waals surface area contributed by atoms with Gasteiger partial charge in [-0.15, -0.1) is 0 Å². The molecule has 17 heavy (non-hydrogen) atoms. The highest BCUT2D eigenvalue weighted by Gasteiger charge is 2.08. The predicted molar refractivity (Wildman–Crippen MR) is 71.9 cm³/mol. The average Bonchev–Trinajstić information content (AvgIpc) is 2.65. The fraction of sp³-hybridized carbons (Fsp3) is 0.357. The highest BCUT2D eigenvalue weighted by molar-refractivity contribution is 5.81. The molecule has 2 rings (SSSR count). The second-order valence-electron chi connectivity index (χ2n) is 4.36. The van der Waals surface area contributed by atoms with Crippen molar-refractivity contribution in [3.63, 3.8) is 0 Å². The van der Waals surface area contributed by atoms with Crippen LogP contribution in [-0.2, 0) is 13.1 Å². The molecule has 2 aromatic rings. The van der Waals surface area contributed by atoms with Gasteiger partial charge in [-0.3, -0.25) is 4.68 Å². The zero-order valence-electron chi connectivity index (χ0n) is 10.5. The number of hydrogen-bond acceptors (Lipinski definition) is 2. The lowest BCUT2D eigenvalue weighted by molar-refractivity contribution is 0.653. The molecule has 0 radical (unpaired) electrons. The van der Waals surface area contributed by atoms with Crippen LogP contribution in [0.25, 0.3) is 10.9 Å². The molecular weight excluding hydrogens is 210 g/mol. The number of allylic oxidation sites excluding steroid dienone is 1. The first-order chi connectivity index (χ1) is 8.22. The van der Waals surface area contributed by atoms with Crippen molar-refractivity contribution in [2.24, 2.45) is 0 Å². The summed E-state index contributed by atoms with van der Waals surface area (Å²) in [4.78, 5) is 0. The average molecular weight is 229 g/mol. The first kappa shape index (κ1) is 11.9. The lowest BCUT2D eigenvalue weighted by Gasteiger charge is -2.01. The number of hydrogen-bond donors (Lipinski definition) is 1. The van der Waals surface area contributed by atoms with Gasteiger partial charge in [0.2, 0.25) is 0 Å². The molecule has 90 valence electrons. The Hall–Kier alpha value is -1.61. The van der Waals surface area contributed by atoms with Crippen LogP contribution in [0.4, 0.5) is 0 Å². The summed E-state index contributed by atoms with van der Waals surface area (Å²) in [6.07, 6.45) is 0.